The number of hydrogen-bond acceptors (Lipinski definition) is 3. The second-order valence-corrected chi connectivity index (χ2v) is 7.49. The van der Waals surface area contributed by atoms with Crippen molar-refractivity contribution in [2.45, 2.75) is 19.3 Å². The Morgan fingerprint density at radius 3 is 2.43 bits per heavy atom. The standard InChI is InChI=1S/C21H22Cl2N2O3/c22-17-5-3-16(19(23)14-17)4-8-20(26)24-18-6-1-15(2-7-18)13-21(27)25-9-11-28-12-10-25/h1-3,5-7,14H,4,8-13H2,(H,24,26). The maximum Gasteiger partial charge on any atom is 0.227 e. The number of hydrogen-bond donors (Lipinski definition) is 1. The normalized spacial score (nSPS) is 14.0. The van der Waals surface area contributed by atoms with Crippen molar-refractivity contribution in [1.82, 2.24) is 4.90 Å². The topological polar surface area (TPSA) is 58.6 Å². The number of rotatable bonds is 6. The van der Waals surface area contributed by atoms with Crippen LogP contribution in [0.4, 0.5) is 5.69 Å². The van der Waals surface area contributed by atoms with Gasteiger partial charge in [-0.1, -0.05) is 41.4 Å². The fourth-order valence-electron chi connectivity index (χ4n) is 3.00. The molecule has 1 saturated heterocycles. The van der Waals surface area contributed by atoms with Gasteiger partial charge in [0.05, 0.1) is 19.6 Å². The first-order chi connectivity index (χ1) is 13.5. The molecule has 0 radical (unpaired) electrons. The van der Waals surface area contributed by atoms with E-state index < -0.39 is 0 Å². The first-order valence-electron chi connectivity index (χ1n) is 9.19. The van der Waals surface area contributed by atoms with Crippen LogP contribution in [0.25, 0.3) is 0 Å². The minimum Gasteiger partial charge on any atom is -0.378 e. The minimum atomic E-state index is -0.0943. The number of morpholine rings is 1. The van der Waals surface area contributed by atoms with Gasteiger partial charge in [0, 0.05) is 35.2 Å². The molecule has 1 heterocycles. The Hall–Kier alpha value is -2.08. The molecule has 2 amide bonds. The molecule has 0 bridgehead atoms. The number of anilines is 1. The summed E-state index contributed by atoms with van der Waals surface area (Å²) in [6.07, 6.45) is 1.20. The number of nitrogens with one attached hydrogen (secondary N) is 1. The summed E-state index contributed by atoms with van der Waals surface area (Å²) in [5.74, 6) is 0.00286. The molecule has 1 aliphatic rings. The van der Waals surface area contributed by atoms with E-state index in [1.54, 1.807) is 12.1 Å². The van der Waals surface area contributed by atoms with Crippen LogP contribution in [0.3, 0.4) is 0 Å². The average Bonchev–Trinajstić information content (AvgIpc) is 2.69. The van der Waals surface area contributed by atoms with Gasteiger partial charge in [-0.3, -0.25) is 9.59 Å². The summed E-state index contributed by atoms with van der Waals surface area (Å²) in [6.45, 7) is 2.48. The summed E-state index contributed by atoms with van der Waals surface area (Å²) in [6, 6.07) is 12.6. The van der Waals surface area contributed by atoms with E-state index in [0.717, 1.165) is 11.1 Å². The van der Waals surface area contributed by atoms with E-state index in [0.29, 0.717) is 61.3 Å². The Balaban J connectivity index is 1.48. The highest BCUT2D eigenvalue weighted by molar-refractivity contribution is 6.35. The molecule has 0 unspecified atom stereocenters. The van der Waals surface area contributed by atoms with Gasteiger partial charge in [0.1, 0.15) is 0 Å². The van der Waals surface area contributed by atoms with E-state index >= 15 is 0 Å². The third-order valence-corrected chi connectivity index (χ3v) is 5.18. The van der Waals surface area contributed by atoms with Gasteiger partial charge in [0.15, 0.2) is 0 Å². The van der Waals surface area contributed by atoms with E-state index in [-0.39, 0.29) is 11.8 Å². The van der Waals surface area contributed by atoms with Crippen molar-refractivity contribution < 1.29 is 14.3 Å². The molecule has 2 aromatic rings. The highest BCUT2D eigenvalue weighted by Crippen LogP contribution is 2.22. The van der Waals surface area contributed by atoms with Gasteiger partial charge in [0.2, 0.25) is 11.8 Å². The van der Waals surface area contributed by atoms with Crippen LogP contribution >= 0.6 is 23.2 Å². The summed E-state index contributed by atoms with van der Waals surface area (Å²) in [7, 11) is 0. The fraction of sp³-hybridized carbons (Fsp3) is 0.333. The maximum absolute atomic E-state index is 12.3. The average molecular weight is 421 g/mol. The van der Waals surface area contributed by atoms with E-state index in [2.05, 4.69) is 5.32 Å². The zero-order valence-electron chi connectivity index (χ0n) is 15.4. The zero-order valence-corrected chi connectivity index (χ0v) is 16.9. The predicted octanol–water partition coefficient (Wildman–Crippen LogP) is 3.97. The molecule has 1 aliphatic heterocycles. The van der Waals surface area contributed by atoms with Gasteiger partial charge in [-0.15, -0.1) is 0 Å². The van der Waals surface area contributed by atoms with Crippen LogP contribution in [0.5, 0.6) is 0 Å². The lowest BCUT2D eigenvalue weighted by atomic mass is 10.1. The van der Waals surface area contributed by atoms with Gasteiger partial charge < -0.3 is 15.0 Å². The Labute approximate surface area is 174 Å². The zero-order chi connectivity index (χ0) is 19.9. The number of ether oxygens (including phenoxy) is 1. The minimum absolute atomic E-state index is 0.0943. The molecule has 0 atom stereocenters. The SMILES string of the molecule is O=C(CCc1ccc(Cl)cc1Cl)Nc1ccc(CC(=O)N2CCOCC2)cc1. The van der Waals surface area contributed by atoms with Crippen molar-refractivity contribution in [2.75, 3.05) is 31.6 Å². The quantitative estimate of drug-likeness (QED) is 0.768. The highest BCUT2D eigenvalue weighted by Gasteiger charge is 2.17. The first-order valence-corrected chi connectivity index (χ1v) is 9.95. The van der Waals surface area contributed by atoms with Crippen LogP contribution < -0.4 is 5.32 Å². The van der Waals surface area contributed by atoms with Crippen LogP contribution in [0.15, 0.2) is 42.5 Å². The van der Waals surface area contributed by atoms with Gasteiger partial charge in [-0.25, -0.2) is 0 Å². The fourth-order valence-corrected chi connectivity index (χ4v) is 3.50. The van der Waals surface area contributed by atoms with E-state index in [9.17, 15) is 9.59 Å². The summed E-state index contributed by atoms with van der Waals surface area (Å²) >= 11 is 12.0. The molecule has 0 aliphatic carbocycles. The molecule has 5 nitrogen and oxygen atoms in total. The van der Waals surface area contributed by atoms with Crippen molar-refractivity contribution in [3.05, 3.63) is 63.6 Å². The molecule has 1 N–H and O–H groups in total. The third-order valence-electron chi connectivity index (χ3n) is 4.59. The number of halogens is 2. The maximum atomic E-state index is 12.3. The second kappa shape index (κ2) is 9.92. The molecule has 0 saturated carbocycles. The molecule has 28 heavy (non-hydrogen) atoms. The summed E-state index contributed by atoms with van der Waals surface area (Å²) in [4.78, 5) is 26.3. The summed E-state index contributed by atoms with van der Waals surface area (Å²) in [5.41, 5.74) is 2.51. The molecular weight excluding hydrogens is 399 g/mol. The van der Waals surface area contributed by atoms with Crippen molar-refractivity contribution in [2.24, 2.45) is 0 Å². The molecule has 2 aromatic carbocycles. The lowest BCUT2D eigenvalue weighted by molar-refractivity contribution is -0.134. The third kappa shape index (κ3) is 5.96. The number of carbonyl (C=O) groups is 2. The van der Waals surface area contributed by atoms with Crippen LogP contribution in [0.2, 0.25) is 10.0 Å². The number of nitrogens with zero attached hydrogens (tertiary/aromatic N) is 1. The lowest BCUT2D eigenvalue weighted by Gasteiger charge is -2.26. The number of carbonyl (C=O) groups excluding carboxylic acids is 2. The number of amides is 2. The Morgan fingerprint density at radius 2 is 1.75 bits per heavy atom. The van der Waals surface area contributed by atoms with Gasteiger partial charge >= 0.3 is 0 Å². The second-order valence-electron chi connectivity index (χ2n) is 6.65. The lowest BCUT2D eigenvalue weighted by Crippen LogP contribution is -2.41. The molecular formula is C21H22Cl2N2O3. The Morgan fingerprint density at radius 1 is 1.04 bits per heavy atom. The van der Waals surface area contributed by atoms with Crippen LogP contribution in [-0.2, 0) is 27.2 Å². The van der Waals surface area contributed by atoms with Crippen LogP contribution in [0.1, 0.15) is 17.5 Å². The van der Waals surface area contributed by atoms with Crippen molar-refractivity contribution in [1.29, 1.82) is 0 Å². The van der Waals surface area contributed by atoms with Crippen LogP contribution in [0, 0.1) is 0 Å². The molecule has 1 fully saturated rings. The monoisotopic (exact) mass is 420 g/mol. The smallest absolute Gasteiger partial charge is 0.227 e. The van der Waals surface area contributed by atoms with E-state index in [1.165, 1.54) is 0 Å². The van der Waals surface area contributed by atoms with Gasteiger partial charge in [0.25, 0.3) is 0 Å². The molecule has 0 aromatic heterocycles. The summed E-state index contributed by atoms with van der Waals surface area (Å²) in [5, 5.41) is 4.01. The van der Waals surface area contributed by atoms with Crippen molar-refractivity contribution in [3.63, 3.8) is 0 Å². The van der Waals surface area contributed by atoms with Crippen molar-refractivity contribution in [3.8, 4) is 0 Å². The highest BCUT2D eigenvalue weighted by atomic mass is 35.5. The van der Waals surface area contributed by atoms with E-state index in [1.807, 2.05) is 35.2 Å². The number of aryl methyl sites for hydroxylation is 1. The summed E-state index contributed by atoms with van der Waals surface area (Å²) < 4.78 is 5.27. The van der Waals surface area contributed by atoms with Gasteiger partial charge in [-0.05, 0) is 41.8 Å². The largest absolute Gasteiger partial charge is 0.378 e. The van der Waals surface area contributed by atoms with Crippen LogP contribution in [-0.4, -0.2) is 43.0 Å². The molecule has 0 spiro atoms. The molecule has 3 rings (SSSR count). The van der Waals surface area contributed by atoms with Crippen molar-refractivity contribution >= 4 is 40.7 Å². The Bertz CT molecular complexity index is 834. The predicted molar refractivity (Wildman–Crippen MR) is 111 cm³/mol. The Kier molecular flexibility index (Phi) is 7.31. The van der Waals surface area contributed by atoms with E-state index in [4.69, 9.17) is 27.9 Å². The first kappa shape index (κ1) is 20.6. The number of benzene rings is 2. The molecule has 7 heteroatoms. The van der Waals surface area contributed by atoms with Gasteiger partial charge in [-0.2, -0.15) is 0 Å². The molecule has 148 valence electrons.